The summed E-state index contributed by atoms with van der Waals surface area (Å²) in [5.74, 6) is 0.846. The van der Waals surface area contributed by atoms with Gasteiger partial charge in [-0.2, -0.15) is 4.99 Å². The van der Waals surface area contributed by atoms with Gasteiger partial charge in [-0.15, -0.1) is 18.3 Å². The summed E-state index contributed by atoms with van der Waals surface area (Å²) in [6.07, 6.45) is -3.89. The highest BCUT2D eigenvalue weighted by molar-refractivity contribution is 8.14. The number of amidine groups is 1. The highest BCUT2D eigenvalue weighted by Gasteiger charge is 2.31. The Balaban J connectivity index is 1.22. The first-order valence-electron chi connectivity index (χ1n) is 13.9. The van der Waals surface area contributed by atoms with Gasteiger partial charge in [-0.1, -0.05) is 54.2 Å². The van der Waals surface area contributed by atoms with E-state index in [1.54, 1.807) is 31.2 Å². The van der Waals surface area contributed by atoms with E-state index in [0.29, 0.717) is 27.8 Å². The molecule has 0 saturated carbocycles. The molecule has 0 aliphatic carbocycles. The van der Waals surface area contributed by atoms with E-state index in [0.717, 1.165) is 35.5 Å². The Morgan fingerprint density at radius 1 is 1.05 bits per heavy atom. The summed E-state index contributed by atoms with van der Waals surface area (Å²) < 4.78 is 57.9. The minimum Gasteiger partial charge on any atom is -0.406 e. The van der Waals surface area contributed by atoms with Gasteiger partial charge in [-0.3, -0.25) is 0 Å². The Hall–Kier alpha value is -4.39. The van der Waals surface area contributed by atoms with Crippen LogP contribution in [0.1, 0.15) is 36.2 Å². The SMILES string of the molecule is Cc1cccc(C)c1N1CCCSC1=NC(=O)NC(C)C(F)c1ccc(-c2ncn(-c3ccc(OC(F)(F)F)cc3)n2)cc1. The van der Waals surface area contributed by atoms with Crippen molar-refractivity contribution < 1.29 is 27.1 Å². The van der Waals surface area contributed by atoms with E-state index in [1.807, 2.05) is 32.0 Å². The fraction of sp³-hybridized carbons (Fsp3) is 0.290. The molecule has 0 bridgehead atoms. The summed E-state index contributed by atoms with van der Waals surface area (Å²) in [7, 11) is 0. The molecule has 0 spiro atoms. The van der Waals surface area contributed by atoms with E-state index < -0.39 is 24.6 Å². The Labute approximate surface area is 256 Å². The van der Waals surface area contributed by atoms with E-state index in [2.05, 4.69) is 30.0 Å². The minimum absolute atomic E-state index is 0.344. The van der Waals surface area contributed by atoms with Crippen molar-refractivity contribution in [2.24, 2.45) is 4.99 Å². The van der Waals surface area contributed by atoms with Crippen LogP contribution in [0.3, 0.4) is 0 Å². The Morgan fingerprint density at radius 3 is 2.39 bits per heavy atom. The first-order chi connectivity index (χ1) is 21.0. The number of alkyl halides is 4. The average molecular weight is 627 g/mol. The largest absolute Gasteiger partial charge is 0.573 e. The number of benzene rings is 3. The number of halogens is 4. The van der Waals surface area contributed by atoms with Gasteiger partial charge in [0.2, 0.25) is 0 Å². The summed E-state index contributed by atoms with van der Waals surface area (Å²) in [5.41, 5.74) is 4.68. The van der Waals surface area contributed by atoms with Crippen LogP contribution in [-0.2, 0) is 0 Å². The molecule has 0 radical (unpaired) electrons. The number of carbonyl (C=O) groups excluding carboxylic acids is 1. The Morgan fingerprint density at radius 2 is 1.73 bits per heavy atom. The number of hydrogen-bond acceptors (Lipinski definition) is 5. The maximum Gasteiger partial charge on any atom is 0.573 e. The van der Waals surface area contributed by atoms with Crippen molar-refractivity contribution in [2.75, 3.05) is 17.2 Å². The number of amides is 2. The second kappa shape index (κ2) is 13.1. The van der Waals surface area contributed by atoms with E-state index >= 15 is 4.39 Å². The topological polar surface area (TPSA) is 84.6 Å². The van der Waals surface area contributed by atoms with E-state index in [1.165, 1.54) is 47.0 Å². The van der Waals surface area contributed by atoms with Gasteiger partial charge in [0.1, 0.15) is 18.2 Å². The number of thioether (sulfide) groups is 1. The molecule has 8 nitrogen and oxygen atoms in total. The molecule has 2 amide bonds. The van der Waals surface area contributed by atoms with E-state index in [-0.39, 0.29) is 5.75 Å². The first-order valence-corrected chi connectivity index (χ1v) is 14.8. The van der Waals surface area contributed by atoms with Crippen molar-refractivity contribution in [1.82, 2.24) is 20.1 Å². The number of anilines is 1. The third-order valence-corrected chi connectivity index (χ3v) is 8.06. The summed E-state index contributed by atoms with van der Waals surface area (Å²) in [5, 5.41) is 7.63. The lowest BCUT2D eigenvalue weighted by Gasteiger charge is -2.32. The van der Waals surface area contributed by atoms with Gasteiger partial charge in [0.05, 0.1) is 11.7 Å². The Bertz CT molecular complexity index is 1620. The molecule has 1 aliphatic rings. The number of aliphatic imine (C=N–C) groups is 1. The van der Waals surface area contributed by atoms with Gasteiger partial charge in [0.15, 0.2) is 11.0 Å². The standard InChI is InChI=1S/C31H30F4N6O2S/c1-19-6-4-7-20(2)27(19)40-16-5-17-44-30(40)38-29(42)37-21(3)26(32)22-8-10-23(11-9-22)28-36-18-41(39-28)24-12-14-25(15-13-24)43-31(33,34)35/h4,6-15,18,21,26H,5,16-17H2,1-3H3,(H,37,42). The van der Waals surface area contributed by atoms with Crippen LogP contribution in [-0.4, -0.2) is 50.7 Å². The van der Waals surface area contributed by atoms with E-state index in [9.17, 15) is 18.0 Å². The zero-order chi connectivity index (χ0) is 31.4. The van der Waals surface area contributed by atoms with Crippen LogP contribution < -0.4 is 15.0 Å². The number of aromatic nitrogens is 3. The molecule has 44 heavy (non-hydrogen) atoms. The molecule has 1 aromatic heterocycles. The second-order valence-corrected chi connectivity index (χ2v) is 11.4. The fourth-order valence-electron chi connectivity index (χ4n) is 4.90. The molecule has 5 rings (SSSR count). The lowest BCUT2D eigenvalue weighted by atomic mass is 10.0. The molecule has 1 fully saturated rings. The van der Waals surface area contributed by atoms with Crippen LogP contribution in [0.15, 0.2) is 78.0 Å². The quantitative estimate of drug-likeness (QED) is 0.213. The number of ether oxygens (including phenoxy) is 1. The third kappa shape index (κ3) is 7.39. The number of para-hydroxylation sites is 1. The summed E-state index contributed by atoms with van der Waals surface area (Å²) >= 11 is 1.51. The minimum atomic E-state index is -4.78. The maximum atomic E-state index is 15.4. The van der Waals surface area contributed by atoms with Crippen molar-refractivity contribution in [2.45, 2.75) is 45.8 Å². The van der Waals surface area contributed by atoms with Crippen molar-refractivity contribution in [1.29, 1.82) is 0 Å². The summed E-state index contributed by atoms with van der Waals surface area (Å²) in [4.78, 5) is 23.5. The van der Waals surface area contributed by atoms with Gasteiger partial charge in [0.25, 0.3) is 0 Å². The van der Waals surface area contributed by atoms with Gasteiger partial charge in [0, 0.05) is 23.5 Å². The van der Waals surface area contributed by atoms with Gasteiger partial charge < -0.3 is 15.0 Å². The van der Waals surface area contributed by atoms with Crippen LogP contribution >= 0.6 is 11.8 Å². The second-order valence-electron chi connectivity index (χ2n) is 10.3. The van der Waals surface area contributed by atoms with Crippen LogP contribution in [0, 0.1) is 13.8 Å². The zero-order valence-electron chi connectivity index (χ0n) is 24.2. The van der Waals surface area contributed by atoms with Crippen molar-refractivity contribution >= 4 is 28.6 Å². The van der Waals surface area contributed by atoms with Crippen LogP contribution in [0.25, 0.3) is 17.1 Å². The van der Waals surface area contributed by atoms with Gasteiger partial charge in [-0.05, 0) is 68.1 Å². The molecule has 2 heterocycles. The predicted octanol–water partition coefficient (Wildman–Crippen LogP) is 7.56. The summed E-state index contributed by atoms with van der Waals surface area (Å²) in [6.45, 7) is 6.39. The molecule has 1 N–H and O–H groups in total. The average Bonchev–Trinajstić information content (AvgIpc) is 3.47. The lowest BCUT2D eigenvalue weighted by molar-refractivity contribution is -0.274. The molecule has 230 valence electrons. The number of nitrogens with one attached hydrogen (secondary N) is 1. The Kier molecular flexibility index (Phi) is 9.23. The van der Waals surface area contributed by atoms with Crippen LogP contribution in [0.5, 0.6) is 5.75 Å². The van der Waals surface area contributed by atoms with Crippen LogP contribution in [0.4, 0.5) is 28.0 Å². The molecule has 2 unspecified atom stereocenters. The highest BCUT2D eigenvalue weighted by atomic mass is 32.2. The molecule has 13 heteroatoms. The molecular weight excluding hydrogens is 596 g/mol. The third-order valence-electron chi connectivity index (χ3n) is 7.00. The smallest absolute Gasteiger partial charge is 0.406 e. The normalized spacial score (nSPS) is 16.1. The molecule has 2 atom stereocenters. The fourth-order valence-corrected chi connectivity index (χ4v) is 5.85. The first kappa shape index (κ1) is 31.0. The zero-order valence-corrected chi connectivity index (χ0v) is 25.0. The highest BCUT2D eigenvalue weighted by Crippen LogP contribution is 2.31. The van der Waals surface area contributed by atoms with Crippen LogP contribution in [0.2, 0.25) is 0 Å². The van der Waals surface area contributed by atoms with E-state index in [4.69, 9.17) is 0 Å². The van der Waals surface area contributed by atoms with Gasteiger partial charge >= 0.3 is 12.4 Å². The van der Waals surface area contributed by atoms with Crippen molar-refractivity contribution in [3.8, 4) is 22.8 Å². The number of urea groups is 1. The summed E-state index contributed by atoms with van der Waals surface area (Å²) in [6, 6.07) is 16.3. The molecule has 3 aromatic carbocycles. The van der Waals surface area contributed by atoms with Gasteiger partial charge in [-0.25, -0.2) is 18.9 Å². The maximum absolute atomic E-state index is 15.4. The van der Waals surface area contributed by atoms with Crippen molar-refractivity contribution in [3.63, 3.8) is 0 Å². The number of nitrogens with zero attached hydrogens (tertiary/aromatic N) is 5. The van der Waals surface area contributed by atoms with Crippen molar-refractivity contribution in [3.05, 3.63) is 89.7 Å². The number of hydrogen-bond donors (Lipinski definition) is 1. The predicted molar refractivity (Wildman–Crippen MR) is 163 cm³/mol. The monoisotopic (exact) mass is 626 g/mol. The number of rotatable bonds is 7. The molecule has 1 aliphatic heterocycles. The number of carbonyl (C=O) groups is 1. The molecule has 1 saturated heterocycles. The lowest BCUT2D eigenvalue weighted by Crippen LogP contribution is -2.39. The molecule has 4 aromatic rings. The number of aryl methyl sites for hydroxylation is 2. The molecular formula is C31H30F4N6O2S.